The summed E-state index contributed by atoms with van der Waals surface area (Å²) in [5, 5.41) is 11.1. The van der Waals surface area contributed by atoms with Crippen molar-refractivity contribution in [2.24, 2.45) is 5.92 Å². The number of nitrogens with zero attached hydrogens (tertiary/aromatic N) is 1. The summed E-state index contributed by atoms with van der Waals surface area (Å²) < 4.78 is 0. The zero-order valence-electron chi connectivity index (χ0n) is 8.36. The van der Waals surface area contributed by atoms with Crippen LogP contribution in [0.1, 0.15) is 12.7 Å². The first kappa shape index (κ1) is 11.2. The SMILES string of the molecule is CC(C(=O)O)C(=O)NCCc1ncc[nH]1. The predicted molar refractivity (Wildman–Crippen MR) is 52.1 cm³/mol. The monoisotopic (exact) mass is 211 g/mol. The molecule has 0 bridgehead atoms. The van der Waals surface area contributed by atoms with Crippen LogP contribution in [0.2, 0.25) is 0 Å². The number of carbonyl (C=O) groups is 2. The molecule has 6 heteroatoms. The number of carboxylic acid groups (broad SMARTS) is 1. The first-order valence-electron chi connectivity index (χ1n) is 4.60. The van der Waals surface area contributed by atoms with Crippen molar-refractivity contribution in [3.8, 4) is 0 Å². The highest BCUT2D eigenvalue weighted by molar-refractivity contribution is 5.96. The van der Waals surface area contributed by atoms with Crippen LogP contribution in [-0.4, -0.2) is 33.5 Å². The fourth-order valence-electron chi connectivity index (χ4n) is 1.00. The summed E-state index contributed by atoms with van der Waals surface area (Å²) >= 11 is 0. The molecule has 0 saturated heterocycles. The normalized spacial score (nSPS) is 12.1. The van der Waals surface area contributed by atoms with Crippen molar-refractivity contribution < 1.29 is 14.7 Å². The van der Waals surface area contributed by atoms with E-state index in [1.807, 2.05) is 0 Å². The Balaban J connectivity index is 2.26. The van der Waals surface area contributed by atoms with Gasteiger partial charge in [-0.2, -0.15) is 0 Å². The Morgan fingerprint density at radius 1 is 1.67 bits per heavy atom. The topological polar surface area (TPSA) is 95.1 Å². The Morgan fingerprint density at radius 2 is 2.40 bits per heavy atom. The summed E-state index contributed by atoms with van der Waals surface area (Å²) in [6.45, 7) is 1.73. The van der Waals surface area contributed by atoms with Crippen LogP contribution in [0.15, 0.2) is 12.4 Å². The lowest BCUT2D eigenvalue weighted by Crippen LogP contribution is -2.34. The molecule has 0 aromatic carbocycles. The number of rotatable bonds is 5. The van der Waals surface area contributed by atoms with E-state index in [0.717, 1.165) is 5.82 Å². The van der Waals surface area contributed by atoms with Crippen LogP contribution in [0.5, 0.6) is 0 Å². The Hall–Kier alpha value is -1.85. The molecule has 0 radical (unpaired) electrons. The molecule has 1 aromatic heterocycles. The molecular weight excluding hydrogens is 198 g/mol. The van der Waals surface area contributed by atoms with Gasteiger partial charge in [-0.1, -0.05) is 0 Å². The van der Waals surface area contributed by atoms with E-state index in [9.17, 15) is 9.59 Å². The molecule has 82 valence electrons. The molecule has 15 heavy (non-hydrogen) atoms. The fraction of sp³-hybridized carbons (Fsp3) is 0.444. The van der Waals surface area contributed by atoms with Gasteiger partial charge in [0.15, 0.2) is 0 Å². The molecule has 6 nitrogen and oxygen atoms in total. The van der Waals surface area contributed by atoms with Crippen molar-refractivity contribution in [3.63, 3.8) is 0 Å². The number of hydrogen-bond acceptors (Lipinski definition) is 3. The van der Waals surface area contributed by atoms with Gasteiger partial charge in [-0.25, -0.2) is 4.98 Å². The maximum atomic E-state index is 11.2. The number of aromatic nitrogens is 2. The first-order chi connectivity index (χ1) is 7.11. The van der Waals surface area contributed by atoms with E-state index >= 15 is 0 Å². The largest absolute Gasteiger partial charge is 0.481 e. The van der Waals surface area contributed by atoms with Crippen molar-refractivity contribution in [3.05, 3.63) is 18.2 Å². The lowest BCUT2D eigenvalue weighted by Gasteiger charge is -2.06. The average Bonchev–Trinajstić information content (AvgIpc) is 2.69. The second-order valence-electron chi connectivity index (χ2n) is 3.14. The third kappa shape index (κ3) is 3.41. The van der Waals surface area contributed by atoms with Gasteiger partial charge in [0, 0.05) is 25.4 Å². The molecule has 3 N–H and O–H groups in total. The van der Waals surface area contributed by atoms with Gasteiger partial charge in [0.2, 0.25) is 5.91 Å². The van der Waals surface area contributed by atoms with Crippen molar-refractivity contribution in [2.75, 3.05) is 6.54 Å². The molecule has 1 heterocycles. The van der Waals surface area contributed by atoms with E-state index in [-0.39, 0.29) is 0 Å². The summed E-state index contributed by atoms with van der Waals surface area (Å²) in [7, 11) is 0. The van der Waals surface area contributed by atoms with E-state index in [1.165, 1.54) is 6.92 Å². The third-order valence-corrected chi connectivity index (χ3v) is 1.98. The zero-order chi connectivity index (χ0) is 11.3. The van der Waals surface area contributed by atoms with Crippen LogP contribution >= 0.6 is 0 Å². The second kappa shape index (κ2) is 5.14. The number of aliphatic carboxylic acids is 1. The van der Waals surface area contributed by atoms with E-state index < -0.39 is 17.8 Å². The quantitative estimate of drug-likeness (QED) is 0.587. The van der Waals surface area contributed by atoms with Crippen LogP contribution in [-0.2, 0) is 16.0 Å². The summed E-state index contributed by atoms with van der Waals surface area (Å²) in [6.07, 6.45) is 3.87. The Labute approximate surface area is 86.7 Å². The Kier molecular flexibility index (Phi) is 3.84. The summed E-state index contributed by atoms with van der Waals surface area (Å²) in [5.41, 5.74) is 0. The number of carboxylic acids is 1. The number of H-pyrrole nitrogens is 1. The zero-order valence-corrected chi connectivity index (χ0v) is 8.36. The van der Waals surface area contributed by atoms with Crippen molar-refractivity contribution in [1.29, 1.82) is 0 Å². The fourth-order valence-corrected chi connectivity index (χ4v) is 1.00. The van der Waals surface area contributed by atoms with Gasteiger partial charge >= 0.3 is 5.97 Å². The van der Waals surface area contributed by atoms with E-state index in [1.54, 1.807) is 12.4 Å². The lowest BCUT2D eigenvalue weighted by molar-refractivity contribution is -0.146. The van der Waals surface area contributed by atoms with Gasteiger partial charge in [-0.3, -0.25) is 9.59 Å². The van der Waals surface area contributed by atoms with Crippen LogP contribution in [0.25, 0.3) is 0 Å². The minimum Gasteiger partial charge on any atom is -0.481 e. The van der Waals surface area contributed by atoms with Crippen molar-refractivity contribution in [2.45, 2.75) is 13.3 Å². The molecule has 1 rings (SSSR count). The van der Waals surface area contributed by atoms with Gasteiger partial charge in [0.25, 0.3) is 0 Å². The molecule has 1 amide bonds. The number of aromatic amines is 1. The van der Waals surface area contributed by atoms with Gasteiger partial charge in [0.05, 0.1) is 0 Å². The number of imidazole rings is 1. The van der Waals surface area contributed by atoms with Gasteiger partial charge < -0.3 is 15.4 Å². The molecule has 1 unspecified atom stereocenters. The highest BCUT2D eigenvalue weighted by atomic mass is 16.4. The molecule has 0 aliphatic heterocycles. The number of carbonyl (C=O) groups excluding carboxylic acids is 1. The average molecular weight is 211 g/mol. The van der Waals surface area contributed by atoms with E-state index in [4.69, 9.17) is 5.11 Å². The first-order valence-corrected chi connectivity index (χ1v) is 4.60. The number of amides is 1. The molecule has 0 saturated carbocycles. The smallest absolute Gasteiger partial charge is 0.315 e. The molecule has 1 aromatic rings. The molecule has 0 fully saturated rings. The molecule has 0 aliphatic rings. The molecule has 1 atom stereocenters. The second-order valence-corrected chi connectivity index (χ2v) is 3.14. The third-order valence-electron chi connectivity index (χ3n) is 1.98. The maximum Gasteiger partial charge on any atom is 0.315 e. The van der Waals surface area contributed by atoms with Crippen molar-refractivity contribution in [1.82, 2.24) is 15.3 Å². The van der Waals surface area contributed by atoms with Gasteiger partial charge in [0.1, 0.15) is 11.7 Å². The van der Waals surface area contributed by atoms with Crippen LogP contribution in [0.4, 0.5) is 0 Å². The Morgan fingerprint density at radius 3 is 2.93 bits per heavy atom. The minimum absolute atomic E-state index is 0.379. The van der Waals surface area contributed by atoms with Gasteiger partial charge in [-0.05, 0) is 6.92 Å². The van der Waals surface area contributed by atoms with Crippen molar-refractivity contribution >= 4 is 11.9 Å². The lowest BCUT2D eigenvalue weighted by atomic mass is 10.2. The Bertz CT molecular complexity index is 334. The highest BCUT2D eigenvalue weighted by Gasteiger charge is 2.19. The maximum absolute atomic E-state index is 11.2. The minimum atomic E-state index is -1.12. The molecule has 0 spiro atoms. The van der Waals surface area contributed by atoms with Crippen LogP contribution in [0.3, 0.4) is 0 Å². The molecular formula is C9H13N3O3. The number of hydrogen-bond donors (Lipinski definition) is 3. The highest BCUT2D eigenvalue weighted by Crippen LogP contribution is 1.94. The summed E-state index contributed by atoms with van der Waals surface area (Å²) in [4.78, 5) is 28.5. The number of nitrogens with one attached hydrogen (secondary N) is 2. The van der Waals surface area contributed by atoms with E-state index in [0.29, 0.717) is 13.0 Å². The summed E-state index contributed by atoms with van der Waals surface area (Å²) in [5.74, 6) is -1.85. The predicted octanol–water partition coefficient (Wildman–Crippen LogP) is -0.211. The van der Waals surface area contributed by atoms with Crippen LogP contribution in [0, 0.1) is 5.92 Å². The standard InChI is InChI=1S/C9H13N3O3/c1-6(9(14)15)8(13)12-3-2-7-10-4-5-11-7/h4-6H,2-3H2,1H3,(H,10,11)(H,12,13)(H,14,15). The molecule has 0 aliphatic carbocycles. The van der Waals surface area contributed by atoms with Crippen LogP contribution < -0.4 is 5.32 Å². The van der Waals surface area contributed by atoms with E-state index in [2.05, 4.69) is 15.3 Å². The van der Waals surface area contributed by atoms with Gasteiger partial charge in [-0.15, -0.1) is 0 Å². The summed E-state index contributed by atoms with van der Waals surface area (Å²) in [6, 6.07) is 0.